The number of benzene rings is 2. The van der Waals surface area contributed by atoms with Crippen LogP contribution in [0.25, 0.3) is 11.0 Å². The van der Waals surface area contributed by atoms with E-state index in [1.807, 2.05) is 6.07 Å². The lowest BCUT2D eigenvalue weighted by Crippen LogP contribution is -2.02. The van der Waals surface area contributed by atoms with Gasteiger partial charge in [-0.3, -0.25) is 0 Å². The molecule has 6 heteroatoms. The zero-order chi connectivity index (χ0) is 17.3. The first-order valence-corrected chi connectivity index (χ1v) is 7.93. The number of hydrogen-bond acceptors (Lipinski definition) is 4. The summed E-state index contributed by atoms with van der Waals surface area (Å²) in [6, 6.07) is 10.5. The number of carbonyl (C=O) groups excluding carboxylic acids is 1. The van der Waals surface area contributed by atoms with Crippen LogP contribution in [0.5, 0.6) is 5.75 Å². The summed E-state index contributed by atoms with van der Waals surface area (Å²) in [4.78, 5) is 11.9. The molecule has 1 heterocycles. The van der Waals surface area contributed by atoms with Gasteiger partial charge in [-0.25, -0.2) is 4.79 Å². The molecule has 0 bridgehead atoms. The fourth-order valence-electron chi connectivity index (χ4n) is 2.44. The molecule has 0 fully saturated rings. The van der Waals surface area contributed by atoms with E-state index < -0.39 is 5.97 Å². The third kappa shape index (κ3) is 3.21. The molecule has 0 N–H and O–H groups in total. The van der Waals surface area contributed by atoms with E-state index >= 15 is 0 Å². The van der Waals surface area contributed by atoms with Gasteiger partial charge < -0.3 is 13.9 Å². The standard InChI is InChI=1S/C18H14Cl2O4/c1-10-17(18(21)22-2)14-8-13(5-6-16(14)24-10)23-9-11-3-4-12(19)7-15(11)20/h3-8H,9H2,1-2H3. The molecular weight excluding hydrogens is 351 g/mol. The van der Waals surface area contributed by atoms with Gasteiger partial charge in [0.2, 0.25) is 0 Å². The van der Waals surface area contributed by atoms with Crippen molar-refractivity contribution in [2.24, 2.45) is 0 Å². The molecule has 0 aliphatic heterocycles. The summed E-state index contributed by atoms with van der Waals surface area (Å²) in [5.74, 6) is 0.665. The number of halogens is 2. The second-order valence-electron chi connectivity index (χ2n) is 5.21. The Kier molecular flexibility index (Phi) is 4.69. The summed E-state index contributed by atoms with van der Waals surface area (Å²) in [5.41, 5.74) is 1.82. The summed E-state index contributed by atoms with van der Waals surface area (Å²) in [5, 5.41) is 1.76. The number of methoxy groups -OCH3 is 1. The van der Waals surface area contributed by atoms with E-state index in [1.165, 1.54) is 7.11 Å². The zero-order valence-corrected chi connectivity index (χ0v) is 14.6. The smallest absolute Gasteiger partial charge is 0.342 e. The lowest BCUT2D eigenvalue weighted by molar-refractivity contribution is 0.0601. The number of carbonyl (C=O) groups is 1. The van der Waals surface area contributed by atoms with E-state index in [2.05, 4.69) is 0 Å². The predicted molar refractivity (Wildman–Crippen MR) is 93.1 cm³/mol. The largest absolute Gasteiger partial charge is 0.489 e. The molecule has 2 aromatic carbocycles. The van der Waals surface area contributed by atoms with Gasteiger partial charge in [0.25, 0.3) is 0 Å². The molecule has 0 saturated heterocycles. The van der Waals surface area contributed by atoms with Crippen molar-refractivity contribution in [3.05, 3.63) is 63.3 Å². The molecule has 3 aromatic rings. The van der Waals surface area contributed by atoms with Crippen molar-refractivity contribution in [2.75, 3.05) is 7.11 Å². The lowest BCUT2D eigenvalue weighted by atomic mass is 10.1. The van der Waals surface area contributed by atoms with Gasteiger partial charge in [0, 0.05) is 21.0 Å². The van der Waals surface area contributed by atoms with Gasteiger partial charge >= 0.3 is 5.97 Å². The maximum absolute atomic E-state index is 11.9. The van der Waals surface area contributed by atoms with E-state index in [-0.39, 0.29) is 6.61 Å². The highest BCUT2D eigenvalue weighted by atomic mass is 35.5. The highest BCUT2D eigenvalue weighted by Crippen LogP contribution is 2.30. The Labute approximate surface area is 148 Å². The Bertz CT molecular complexity index is 915. The highest BCUT2D eigenvalue weighted by molar-refractivity contribution is 6.35. The fourth-order valence-corrected chi connectivity index (χ4v) is 2.91. The fraction of sp³-hybridized carbons (Fsp3) is 0.167. The number of rotatable bonds is 4. The highest BCUT2D eigenvalue weighted by Gasteiger charge is 2.19. The van der Waals surface area contributed by atoms with Crippen LogP contribution in [0.15, 0.2) is 40.8 Å². The molecule has 0 aliphatic rings. The Morgan fingerprint density at radius 2 is 1.96 bits per heavy atom. The zero-order valence-electron chi connectivity index (χ0n) is 13.1. The van der Waals surface area contributed by atoms with Crippen LogP contribution in [0.3, 0.4) is 0 Å². The molecule has 0 atom stereocenters. The molecule has 0 aliphatic carbocycles. The van der Waals surface area contributed by atoms with Crippen molar-refractivity contribution in [2.45, 2.75) is 13.5 Å². The minimum atomic E-state index is -0.441. The first kappa shape index (κ1) is 16.7. The number of ether oxygens (including phenoxy) is 2. The van der Waals surface area contributed by atoms with Gasteiger partial charge in [-0.05, 0) is 37.3 Å². The van der Waals surface area contributed by atoms with Gasteiger partial charge in [0.15, 0.2) is 0 Å². The molecule has 4 nitrogen and oxygen atoms in total. The summed E-state index contributed by atoms with van der Waals surface area (Å²) >= 11 is 12.0. The molecule has 24 heavy (non-hydrogen) atoms. The van der Waals surface area contributed by atoms with Crippen LogP contribution in [0.4, 0.5) is 0 Å². The van der Waals surface area contributed by atoms with Gasteiger partial charge in [-0.2, -0.15) is 0 Å². The summed E-state index contributed by atoms with van der Waals surface area (Å²) in [7, 11) is 1.34. The summed E-state index contributed by atoms with van der Waals surface area (Å²) < 4.78 is 16.2. The Morgan fingerprint density at radius 1 is 1.17 bits per heavy atom. The van der Waals surface area contributed by atoms with Crippen molar-refractivity contribution in [1.29, 1.82) is 0 Å². The second kappa shape index (κ2) is 6.75. The SMILES string of the molecule is COC(=O)c1c(C)oc2ccc(OCc3ccc(Cl)cc3Cl)cc12. The van der Waals surface area contributed by atoms with Crippen molar-refractivity contribution in [1.82, 2.24) is 0 Å². The quantitative estimate of drug-likeness (QED) is 0.580. The van der Waals surface area contributed by atoms with Crippen LogP contribution >= 0.6 is 23.2 Å². The third-order valence-electron chi connectivity index (χ3n) is 3.63. The molecular formula is C18H14Cl2O4. The van der Waals surface area contributed by atoms with Gasteiger partial charge in [0.1, 0.15) is 29.3 Å². The van der Waals surface area contributed by atoms with E-state index in [1.54, 1.807) is 37.3 Å². The first-order valence-electron chi connectivity index (χ1n) is 7.18. The van der Waals surface area contributed by atoms with Crippen molar-refractivity contribution in [3.8, 4) is 5.75 Å². The van der Waals surface area contributed by atoms with Gasteiger partial charge in [-0.15, -0.1) is 0 Å². The normalized spacial score (nSPS) is 10.8. The summed E-state index contributed by atoms with van der Waals surface area (Å²) in [6.07, 6.45) is 0. The van der Waals surface area contributed by atoms with Gasteiger partial charge in [-0.1, -0.05) is 29.3 Å². The Balaban J connectivity index is 1.89. The van der Waals surface area contributed by atoms with Crippen LogP contribution in [0, 0.1) is 6.92 Å². The average molecular weight is 365 g/mol. The minimum absolute atomic E-state index is 0.284. The average Bonchev–Trinajstić information content (AvgIpc) is 2.88. The van der Waals surface area contributed by atoms with E-state index in [0.717, 1.165) is 5.56 Å². The predicted octanol–water partition coefficient (Wildman–Crippen LogP) is 5.41. The molecule has 0 amide bonds. The Hall–Kier alpha value is -2.17. The van der Waals surface area contributed by atoms with E-state index in [4.69, 9.17) is 37.1 Å². The monoisotopic (exact) mass is 364 g/mol. The molecule has 124 valence electrons. The number of furan rings is 1. The minimum Gasteiger partial charge on any atom is -0.489 e. The molecule has 3 rings (SSSR count). The molecule has 0 unspecified atom stereocenters. The maximum Gasteiger partial charge on any atom is 0.342 e. The van der Waals surface area contributed by atoms with Gasteiger partial charge in [0.05, 0.1) is 7.11 Å². The number of hydrogen-bond donors (Lipinski definition) is 0. The maximum atomic E-state index is 11.9. The summed E-state index contributed by atoms with van der Waals surface area (Å²) in [6.45, 7) is 2.01. The topological polar surface area (TPSA) is 48.7 Å². The lowest BCUT2D eigenvalue weighted by Gasteiger charge is -2.08. The van der Waals surface area contributed by atoms with Crippen molar-refractivity contribution >= 4 is 40.1 Å². The van der Waals surface area contributed by atoms with E-state index in [0.29, 0.717) is 38.1 Å². The number of fused-ring (bicyclic) bond motifs is 1. The second-order valence-corrected chi connectivity index (χ2v) is 6.05. The molecule has 0 saturated carbocycles. The molecule has 0 spiro atoms. The van der Waals surface area contributed by atoms with E-state index in [9.17, 15) is 4.79 Å². The Morgan fingerprint density at radius 3 is 2.67 bits per heavy atom. The third-order valence-corrected chi connectivity index (χ3v) is 4.22. The van der Waals surface area contributed by atoms with Crippen LogP contribution in [0.2, 0.25) is 10.0 Å². The van der Waals surface area contributed by atoms with Crippen LogP contribution in [-0.4, -0.2) is 13.1 Å². The molecule has 1 aromatic heterocycles. The van der Waals surface area contributed by atoms with Crippen molar-refractivity contribution in [3.63, 3.8) is 0 Å². The number of aryl methyl sites for hydroxylation is 1. The first-order chi connectivity index (χ1) is 11.5. The van der Waals surface area contributed by atoms with Crippen LogP contribution in [-0.2, 0) is 11.3 Å². The number of esters is 1. The molecule has 0 radical (unpaired) electrons. The van der Waals surface area contributed by atoms with Crippen molar-refractivity contribution < 1.29 is 18.7 Å². The van der Waals surface area contributed by atoms with Crippen LogP contribution in [0.1, 0.15) is 21.7 Å². The van der Waals surface area contributed by atoms with Crippen LogP contribution < -0.4 is 4.74 Å².